The van der Waals surface area contributed by atoms with E-state index in [2.05, 4.69) is 9.72 Å². The molecule has 0 aromatic carbocycles. The van der Waals surface area contributed by atoms with Crippen molar-refractivity contribution in [3.63, 3.8) is 0 Å². The van der Waals surface area contributed by atoms with Gasteiger partial charge in [-0.15, -0.1) is 0 Å². The fourth-order valence-electron chi connectivity index (χ4n) is 1.44. The van der Waals surface area contributed by atoms with Crippen molar-refractivity contribution in [2.45, 2.75) is 19.8 Å². The average Bonchev–Trinajstić information content (AvgIpc) is 2.28. The molecule has 1 heterocycles. The molecule has 0 aliphatic carbocycles. The Hall–Kier alpha value is -1.83. The van der Waals surface area contributed by atoms with E-state index < -0.39 is 45.7 Å². The van der Waals surface area contributed by atoms with Gasteiger partial charge in [0.15, 0.2) is 0 Å². The van der Waals surface area contributed by atoms with Crippen molar-refractivity contribution in [3.8, 4) is 0 Å². The third-order valence-corrected chi connectivity index (χ3v) is 2.47. The first-order valence-corrected chi connectivity index (χ1v) is 5.51. The predicted octanol–water partition coefficient (Wildman–Crippen LogP) is 2.69. The molecule has 104 valence electrons. The zero-order chi connectivity index (χ0) is 14.6. The van der Waals surface area contributed by atoms with Gasteiger partial charge in [0.25, 0.3) is 6.43 Å². The van der Waals surface area contributed by atoms with Crippen LogP contribution in [0.3, 0.4) is 0 Å². The lowest BCUT2D eigenvalue weighted by Crippen LogP contribution is -2.12. The molecule has 0 atom stereocenters. The molecular weight excluding hydrogens is 286 g/mol. The monoisotopic (exact) mass is 294 g/mol. The van der Waals surface area contributed by atoms with Crippen molar-refractivity contribution < 1.29 is 23.2 Å². The molecule has 0 saturated heterocycles. The van der Waals surface area contributed by atoms with Gasteiger partial charge in [0, 0.05) is 11.8 Å². The molecule has 0 bridgehead atoms. The molecule has 0 radical (unpaired) electrons. The molecule has 1 rings (SSSR count). The molecule has 9 heteroatoms. The second-order valence-corrected chi connectivity index (χ2v) is 3.73. The molecule has 19 heavy (non-hydrogen) atoms. The summed E-state index contributed by atoms with van der Waals surface area (Å²) in [5.41, 5.74) is -1.98. The lowest BCUT2D eigenvalue weighted by molar-refractivity contribution is -0.385. The number of carbonyl (C=O) groups excluding carboxylic acids is 1. The smallest absolute Gasteiger partial charge is 0.310 e. The van der Waals surface area contributed by atoms with Crippen LogP contribution in [0.15, 0.2) is 6.20 Å². The molecule has 0 unspecified atom stereocenters. The van der Waals surface area contributed by atoms with Gasteiger partial charge in [-0.3, -0.25) is 14.9 Å². The van der Waals surface area contributed by atoms with Gasteiger partial charge < -0.3 is 4.74 Å². The number of alkyl halides is 2. The summed E-state index contributed by atoms with van der Waals surface area (Å²) in [4.78, 5) is 24.5. The van der Waals surface area contributed by atoms with Crippen LogP contribution in [0.25, 0.3) is 0 Å². The topological polar surface area (TPSA) is 82.3 Å². The van der Waals surface area contributed by atoms with Crippen LogP contribution in [0.1, 0.15) is 24.5 Å². The summed E-state index contributed by atoms with van der Waals surface area (Å²) in [6.45, 7) is 1.56. The minimum Gasteiger partial charge on any atom is -0.466 e. The number of ether oxygens (including phenoxy) is 1. The molecule has 0 saturated carbocycles. The van der Waals surface area contributed by atoms with Crippen LogP contribution in [0.2, 0.25) is 5.15 Å². The van der Waals surface area contributed by atoms with E-state index in [1.165, 1.54) is 6.92 Å². The molecule has 0 amide bonds. The molecule has 0 fully saturated rings. The van der Waals surface area contributed by atoms with Crippen molar-refractivity contribution in [2.24, 2.45) is 0 Å². The van der Waals surface area contributed by atoms with E-state index in [1.54, 1.807) is 0 Å². The van der Waals surface area contributed by atoms with Gasteiger partial charge in [0.05, 0.1) is 23.5 Å². The molecule has 0 spiro atoms. The van der Waals surface area contributed by atoms with Gasteiger partial charge in [-0.2, -0.15) is 0 Å². The number of esters is 1. The summed E-state index contributed by atoms with van der Waals surface area (Å²) < 4.78 is 30.1. The lowest BCUT2D eigenvalue weighted by Gasteiger charge is -2.09. The number of hydrogen-bond donors (Lipinski definition) is 0. The zero-order valence-corrected chi connectivity index (χ0v) is 10.5. The fraction of sp³-hybridized carbons (Fsp3) is 0.400. The van der Waals surface area contributed by atoms with Gasteiger partial charge in [-0.1, -0.05) is 11.6 Å². The Balaban J connectivity index is 3.33. The van der Waals surface area contributed by atoms with Crippen molar-refractivity contribution in [1.29, 1.82) is 0 Å². The maximum atomic E-state index is 12.8. The summed E-state index contributed by atoms with van der Waals surface area (Å²) in [7, 11) is 0. The van der Waals surface area contributed by atoms with Crippen LogP contribution in [0.5, 0.6) is 0 Å². The molecule has 1 aromatic rings. The Morgan fingerprint density at radius 2 is 2.26 bits per heavy atom. The minimum absolute atomic E-state index is 0.0372. The Morgan fingerprint density at radius 3 is 2.74 bits per heavy atom. The van der Waals surface area contributed by atoms with Crippen LogP contribution in [0, 0.1) is 10.1 Å². The lowest BCUT2D eigenvalue weighted by atomic mass is 10.1. The first-order valence-electron chi connectivity index (χ1n) is 5.13. The van der Waals surface area contributed by atoms with Crippen molar-refractivity contribution >= 4 is 23.3 Å². The Labute approximate surface area is 111 Å². The van der Waals surface area contributed by atoms with E-state index in [1.807, 2.05) is 0 Å². The van der Waals surface area contributed by atoms with Crippen LogP contribution in [0.4, 0.5) is 14.5 Å². The number of carbonyl (C=O) groups is 1. The second kappa shape index (κ2) is 6.37. The molecule has 1 aromatic heterocycles. The number of nitro groups is 1. The highest BCUT2D eigenvalue weighted by Crippen LogP contribution is 2.34. The largest absolute Gasteiger partial charge is 0.466 e. The molecule has 6 nitrogen and oxygen atoms in total. The first-order chi connectivity index (χ1) is 8.88. The van der Waals surface area contributed by atoms with Gasteiger partial charge >= 0.3 is 11.7 Å². The van der Waals surface area contributed by atoms with Crippen LogP contribution < -0.4 is 0 Å². The maximum Gasteiger partial charge on any atom is 0.310 e. The summed E-state index contributed by atoms with van der Waals surface area (Å²) in [6, 6.07) is 0. The summed E-state index contributed by atoms with van der Waals surface area (Å²) >= 11 is 5.51. The standard InChI is InChI=1S/C10H9ClF2N2O4/c1-2-19-7(16)3-5-6(10(12)13)4-14-9(11)8(5)15(17)18/h4,10H,2-3H2,1H3. The van der Waals surface area contributed by atoms with Crippen molar-refractivity contribution in [1.82, 2.24) is 4.98 Å². The Morgan fingerprint density at radius 1 is 1.63 bits per heavy atom. The van der Waals surface area contributed by atoms with E-state index in [9.17, 15) is 23.7 Å². The number of aromatic nitrogens is 1. The number of halogens is 3. The van der Waals surface area contributed by atoms with E-state index in [4.69, 9.17) is 11.6 Å². The van der Waals surface area contributed by atoms with Crippen molar-refractivity contribution in [3.05, 3.63) is 32.6 Å². The van der Waals surface area contributed by atoms with Gasteiger partial charge in [0.2, 0.25) is 5.15 Å². The van der Waals surface area contributed by atoms with Crippen LogP contribution >= 0.6 is 11.6 Å². The molecule has 0 aliphatic rings. The quantitative estimate of drug-likeness (QED) is 0.361. The molecule has 0 aliphatic heterocycles. The summed E-state index contributed by atoms with van der Waals surface area (Å²) in [5.74, 6) is -0.852. The second-order valence-electron chi connectivity index (χ2n) is 3.37. The Bertz CT molecular complexity index is 511. The highest BCUT2D eigenvalue weighted by Gasteiger charge is 2.29. The zero-order valence-electron chi connectivity index (χ0n) is 9.73. The highest BCUT2D eigenvalue weighted by molar-refractivity contribution is 6.31. The van der Waals surface area contributed by atoms with Crippen LogP contribution in [-0.2, 0) is 16.0 Å². The number of pyridine rings is 1. The fourth-order valence-corrected chi connectivity index (χ4v) is 1.67. The van der Waals surface area contributed by atoms with Gasteiger partial charge in [-0.25, -0.2) is 13.8 Å². The van der Waals surface area contributed by atoms with E-state index in [-0.39, 0.29) is 6.61 Å². The normalized spacial score (nSPS) is 10.6. The molecule has 0 N–H and O–H groups in total. The minimum atomic E-state index is -3.01. The highest BCUT2D eigenvalue weighted by atomic mass is 35.5. The van der Waals surface area contributed by atoms with Crippen molar-refractivity contribution in [2.75, 3.05) is 6.61 Å². The maximum absolute atomic E-state index is 12.8. The first kappa shape index (κ1) is 15.2. The van der Waals surface area contributed by atoms with Crippen LogP contribution in [-0.4, -0.2) is 22.5 Å². The predicted molar refractivity (Wildman–Crippen MR) is 61.2 cm³/mol. The number of rotatable bonds is 5. The summed E-state index contributed by atoms with van der Waals surface area (Å²) in [6.07, 6.45) is -2.95. The van der Waals surface area contributed by atoms with E-state index >= 15 is 0 Å². The molecular formula is C10H9ClF2N2O4. The Kier molecular flexibility index (Phi) is 5.11. The average molecular weight is 295 g/mol. The van der Waals surface area contributed by atoms with E-state index in [0.29, 0.717) is 6.20 Å². The SMILES string of the molecule is CCOC(=O)Cc1c(C(F)F)cnc(Cl)c1[N+](=O)[O-]. The third-order valence-electron chi connectivity index (χ3n) is 2.19. The van der Waals surface area contributed by atoms with E-state index in [0.717, 1.165) is 0 Å². The number of hydrogen-bond acceptors (Lipinski definition) is 5. The van der Waals surface area contributed by atoms with Gasteiger partial charge in [0.1, 0.15) is 0 Å². The third kappa shape index (κ3) is 3.57. The summed E-state index contributed by atoms with van der Waals surface area (Å²) in [5, 5.41) is 10.3. The van der Waals surface area contributed by atoms with Gasteiger partial charge in [-0.05, 0) is 6.92 Å². The number of nitrogens with zero attached hydrogens (tertiary/aromatic N) is 2.